The average molecular weight is 397 g/mol. The van der Waals surface area contributed by atoms with E-state index in [1.54, 1.807) is 28.8 Å². The molecule has 1 aliphatic rings. The largest absolute Gasteiger partial charge is 0.493 e. The van der Waals surface area contributed by atoms with Crippen molar-refractivity contribution < 1.29 is 23.8 Å². The first-order chi connectivity index (χ1) is 12.9. The van der Waals surface area contributed by atoms with Crippen LogP contribution in [0, 0.1) is 5.92 Å². The zero-order chi connectivity index (χ0) is 20.0. The lowest BCUT2D eigenvalue weighted by Gasteiger charge is -2.24. The monoisotopic (exact) mass is 396 g/mol. The van der Waals surface area contributed by atoms with Crippen molar-refractivity contribution in [3.63, 3.8) is 0 Å². The summed E-state index contributed by atoms with van der Waals surface area (Å²) in [6.45, 7) is 4.83. The predicted molar refractivity (Wildman–Crippen MR) is 106 cm³/mol. The van der Waals surface area contributed by atoms with Gasteiger partial charge in [0.25, 0.3) is 5.91 Å². The second-order valence-corrected chi connectivity index (χ2v) is 7.68. The molecule has 27 heavy (non-hydrogen) atoms. The summed E-state index contributed by atoms with van der Waals surface area (Å²) >= 11 is 1.57. The van der Waals surface area contributed by atoms with E-state index in [0.29, 0.717) is 46.9 Å². The van der Waals surface area contributed by atoms with Gasteiger partial charge in [0.1, 0.15) is 6.04 Å². The SMILES string of the molecule is COc1cc(C(=O)N2CSCC2C(=O)NCCC(C)C)cc(OC)c1OC. The summed E-state index contributed by atoms with van der Waals surface area (Å²) in [6.07, 6.45) is 0.909. The predicted octanol–water partition coefficient (Wildman–Crippen LogP) is 2.39. The van der Waals surface area contributed by atoms with E-state index < -0.39 is 6.04 Å². The molecule has 0 aliphatic carbocycles. The molecule has 1 heterocycles. The molecule has 1 aliphatic heterocycles. The number of nitrogens with one attached hydrogen (secondary N) is 1. The Morgan fingerprint density at radius 1 is 1.19 bits per heavy atom. The number of carbonyl (C=O) groups excluding carboxylic acids is 2. The van der Waals surface area contributed by atoms with Crippen molar-refractivity contribution in [2.24, 2.45) is 5.92 Å². The first kappa shape index (κ1) is 21.2. The smallest absolute Gasteiger partial charge is 0.255 e. The third-order valence-corrected chi connectivity index (χ3v) is 5.39. The van der Waals surface area contributed by atoms with Crippen LogP contribution >= 0.6 is 11.8 Å². The van der Waals surface area contributed by atoms with E-state index in [0.717, 1.165) is 6.42 Å². The number of amides is 2. The Morgan fingerprint density at radius 3 is 2.33 bits per heavy atom. The normalized spacial score (nSPS) is 16.4. The van der Waals surface area contributed by atoms with E-state index in [-0.39, 0.29) is 11.8 Å². The van der Waals surface area contributed by atoms with Gasteiger partial charge in [0.15, 0.2) is 11.5 Å². The van der Waals surface area contributed by atoms with E-state index in [4.69, 9.17) is 14.2 Å². The Balaban J connectivity index is 2.19. The molecule has 1 saturated heterocycles. The maximum Gasteiger partial charge on any atom is 0.255 e. The number of hydrogen-bond donors (Lipinski definition) is 1. The minimum absolute atomic E-state index is 0.110. The first-order valence-corrected chi connectivity index (χ1v) is 10.0. The highest BCUT2D eigenvalue weighted by Gasteiger charge is 2.35. The van der Waals surface area contributed by atoms with Gasteiger partial charge in [-0.05, 0) is 24.5 Å². The Labute approximate surface area is 164 Å². The van der Waals surface area contributed by atoms with Gasteiger partial charge in [-0.3, -0.25) is 9.59 Å². The van der Waals surface area contributed by atoms with Crippen LogP contribution in [0.3, 0.4) is 0 Å². The zero-order valence-electron chi connectivity index (χ0n) is 16.5. The molecule has 1 atom stereocenters. The number of benzene rings is 1. The molecule has 8 heteroatoms. The van der Waals surface area contributed by atoms with Gasteiger partial charge in [0.05, 0.1) is 27.2 Å². The maximum absolute atomic E-state index is 13.1. The molecule has 1 fully saturated rings. The van der Waals surface area contributed by atoms with E-state index in [1.165, 1.54) is 21.3 Å². The Kier molecular flexibility index (Phi) is 7.65. The molecule has 2 amide bonds. The fraction of sp³-hybridized carbons (Fsp3) is 0.579. The summed E-state index contributed by atoms with van der Waals surface area (Å²) in [5.41, 5.74) is 0.395. The molecule has 0 spiro atoms. The van der Waals surface area contributed by atoms with Crippen LogP contribution in [0.25, 0.3) is 0 Å². The van der Waals surface area contributed by atoms with Crippen molar-refractivity contribution in [3.8, 4) is 17.2 Å². The quantitative estimate of drug-likeness (QED) is 0.727. The van der Waals surface area contributed by atoms with Crippen molar-refractivity contribution in [3.05, 3.63) is 17.7 Å². The Morgan fingerprint density at radius 2 is 1.81 bits per heavy atom. The third kappa shape index (κ3) is 5.00. The summed E-state index contributed by atoms with van der Waals surface area (Å²) in [6, 6.07) is 2.75. The molecule has 2 rings (SSSR count). The van der Waals surface area contributed by atoms with Crippen LogP contribution in [0.4, 0.5) is 0 Å². The first-order valence-electron chi connectivity index (χ1n) is 8.89. The molecule has 150 valence electrons. The number of methoxy groups -OCH3 is 3. The molecule has 1 N–H and O–H groups in total. The van der Waals surface area contributed by atoms with Crippen LogP contribution in [0.5, 0.6) is 17.2 Å². The van der Waals surface area contributed by atoms with Crippen molar-refractivity contribution in [2.75, 3.05) is 39.5 Å². The van der Waals surface area contributed by atoms with Gasteiger partial charge >= 0.3 is 0 Å². The Hall–Kier alpha value is -2.09. The van der Waals surface area contributed by atoms with Crippen molar-refractivity contribution in [1.29, 1.82) is 0 Å². The molecule has 0 radical (unpaired) electrons. The average Bonchev–Trinajstić information content (AvgIpc) is 3.15. The highest BCUT2D eigenvalue weighted by Crippen LogP contribution is 2.39. The molecule has 0 bridgehead atoms. The minimum atomic E-state index is -0.478. The highest BCUT2D eigenvalue weighted by atomic mass is 32.2. The second-order valence-electron chi connectivity index (χ2n) is 6.68. The number of hydrogen-bond acceptors (Lipinski definition) is 6. The van der Waals surface area contributed by atoms with E-state index >= 15 is 0 Å². The van der Waals surface area contributed by atoms with Gasteiger partial charge < -0.3 is 24.4 Å². The number of rotatable bonds is 8. The van der Waals surface area contributed by atoms with Crippen LogP contribution in [0.2, 0.25) is 0 Å². The van der Waals surface area contributed by atoms with Gasteiger partial charge in [-0.25, -0.2) is 0 Å². The Bertz CT molecular complexity index is 655. The van der Waals surface area contributed by atoms with Crippen LogP contribution in [-0.2, 0) is 4.79 Å². The van der Waals surface area contributed by atoms with Crippen LogP contribution < -0.4 is 19.5 Å². The van der Waals surface area contributed by atoms with Gasteiger partial charge in [-0.1, -0.05) is 13.8 Å². The maximum atomic E-state index is 13.1. The summed E-state index contributed by atoms with van der Waals surface area (Å²) in [5.74, 6) is 2.47. The highest BCUT2D eigenvalue weighted by molar-refractivity contribution is 7.99. The van der Waals surface area contributed by atoms with Gasteiger partial charge in [0, 0.05) is 17.9 Å². The van der Waals surface area contributed by atoms with Gasteiger partial charge in [-0.2, -0.15) is 0 Å². The van der Waals surface area contributed by atoms with E-state index in [1.807, 2.05) is 0 Å². The van der Waals surface area contributed by atoms with Crippen molar-refractivity contribution in [1.82, 2.24) is 10.2 Å². The second kappa shape index (κ2) is 9.73. The molecule has 1 aromatic rings. The third-order valence-electron chi connectivity index (χ3n) is 4.38. The van der Waals surface area contributed by atoms with Crippen LogP contribution in [0.15, 0.2) is 12.1 Å². The van der Waals surface area contributed by atoms with E-state index in [2.05, 4.69) is 19.2 Å². The lowest BCUT2D eigenvalue weighted by molar-refractivity contribution is -0.124. The summed E-state index contributed by atoms with van der Waals surface area (Å²) in [4.78, 5) is 27.2. The molecular formula is C19H28N2O5S. The van der Waals surface area contributed by atoms with Crippen molar-refractivity contribution >= 4 is 23.6 Å². The van der Waals surface area contributed by atoms with Crippen LogP contribution in [0.1, 0.15) is 30.6 Å². The van der Waals surface area contributed by atoms with E-state index in [9.17, 15) is 9.59 Å². The standard InChI is InChI=1S/C19H28N2O5S/c1-12(2)6-7-20-18(22)14-10-27-11-21(14)19(23)13-8-15(24-3)17(26-5)16(9-13)25-4/h8-9,12,14H,6-7,10-11H2,1-5H3,(H,20,22). The lowest BCUT2D eigenvalue weighted by Crippen LogP contribution is -2.47. The van der Waals surface area contributed by atoms with Gasteiger partial charge in [0.2, 0.25) is 11.7 Å². The number of nitrogens with zero attached hydrogens (tertiary/aromatic N) is 1. The summed E-state index contributed by atoms with van der Waals surface area (Å²) < 4.78 is 15.9. The molecular weight excluding hydrogens is 368 g/mol. The summed E-state index contributed by atoms with van der Waals surface area (Å²) in [5, 5.41) is 2.94. The lowest BCUT2D eigenvalue weighted by atomic mass is 10.1. The number of carbonyl (C=O) groups is 2. The van der Waals surface area contributed by atoms with Crippen molar-refractivity contribution in [2.45, 2.75) is 26.3 Å². The fourth-order valence-corrected chi connectivity index (χ4v) is 3.99. The topological polar surface area (TPSA) is 77.1 Å². The summed E-state index contributed by atoms with van der Waals surface area (Å²) in [7, 11) is 4.51. The molecule has 0 aromatic heterocycles. The molecule has 7 nitrogen and oxygen atoms in total. The van der Waals surface area contributed by atoms with Crippen LogP contribution in [-0.4, -0.2) is 62.3 Å². The molecule has 0 saturated carbocycles. The minimum Gasteiger partial charge on any atom is -0.493 e. The fourth-order valence-electron chi connectivity index (χ4n) is 2.83. The molecule has 1 unspecified atom stereocenters. The zero-order valence-corrected chi connectivity index (χ0v) is 17.4. The number of thioether (sulfide) groups is 1. The number of ether oxygens (including phenoxy) is 3. The van der Waals surface area contributed by atoms with Gasteiger partial charge in [-0.15, -0.1) is 11.8 Å². The molecule has 1 aromatic carbocycles.